The standard InChI is InChI=1S/C13H19N3O2/c14-11-6-10(13(15)17)3-4-12(11)16-7-9-2-1-5-18-8-9/h3-4,6,9,16H,1-2,5,7-8,14H2,(H2,15,17). The van der Waals surface area contributed by atoms with Crippen molar-refractivity contribution in [2.24, 2.45) is 11.7 Å². The first kappa shape index (κ1) is 12.7. The van der Waals surface area contributed by atoms with Crippen LogP contribution in [0.4, 0.5) is 11.4 Å². The number of hydrogen-bond donors (Lipinski definition) is 3. The predicted octanol–water partition coefficient (Wildman–Crippen LogP) is 1.21. The van der Waals surface area contributed by atoms with Crippen molar-refractivity contribution in [3.05, 3.63) is 23.8 Å². The van der Waals surface area contributed by atoms with Gasteiger partial charge < -0.3 is 21.5 Å². The summed E-state index contributed by atoms with van der Waals surface area (Å²) in [7, 11) is 0. The van der Waals surface area contributed by atoms with E-state index in [1.165, 1.54) is 6.42 Å². The molecule has 1 amide bonds. The lowest BCUT2D eigenvalue weighted by Crippen LogP contribution is -2.24. The van der Waals surface area contributed by atoms with E-state index in [1.54, 1.807) is 18.2 Å². The van der Waals surface area contributed by atoms with E-state index in [2.05, 4.69) is 5.32 Å². The van der Waals surface area contributed by atoms with E-state index >= 15 is 0 Å². The molecule has 1 atom stereocenters. The predicted molar refractivity (Wildman–Crippen MR) is 71.4 cm³/mol. The number of nitrogens with two attached hydrogens (primary N) is 2. The molecule has 5 heteroatoms. The lowest BCUT2D eigenvalue weighted by Gasteiger charge is -2.23. The van der Waals surface area contributed by atoms with Crippen LogP contribution in [0.2, 0.25) is 0 Å². The highest BCUT2D eigenvalue weighted by Crippen LogP contribution is 2.21. The molecule has 1 unspecified atom stereocenters. The second-order valence-electron chi connectivity index (χ2n) is 4.63. The molecule has 18 heavy (non-hydrogen) atoms. The minimum atomic E-state index is -0.464. The Morgan fingerprint density at radius 2 is 2.33 bits per heavy atom. The van der Waals surface area contributed by atoms with Crippen molar-refractivity contribution < 1.29 is 9.53 Å². The summed E-state index contributed by atoms with van der Waals surface area (Å²) in [6.07, 6.45) is 2.29. The fourth-order valence-electron chi connectivity index (χ4n) is 2.10. The van der Waals surface area contributed by atoms with Crippen molar-refractivity contribution in [3.8, 4) is 0 Å². The number of amides is 1. The van der Waals surface area contributed by atoms with E-state index in [4.69, 9.17) is 16.2 Å². The lowest BCUT2D eigenvalue weighted by molar-refractivity contribution is 0.0595. The highest BCUT2D eigenvalue weighted by molar-refractivity contribution is 5.94. The Kier molecular flexibility index (Phi) is 4.04. The van der Waals surface area contributed by atoms with Crippen LogP contribution in [0.15, 0.2) is 18.2 Å². The van der Waals surface area contributed by atoms with Gasteiger partial charge in [0.25, 0.3) is 0 Å². The molecule has 1 aromatic rings. The second kappa shape index (κ2) is 5.73. The molecule has 0 spiro atoms. The normalized spacial score (nSPS) is 19.4. The van der Waals surface area contributed by atoms with E-state index in [0.29, 0.717) is 17.2 Å². The van der Waals surface area contributed by atoms with Crippen LogP contribution in [0.1, 0.15) is 23.2 Å². The number of benzene rings is 1. The molecular formula is C13H19N3O2. The first-order chi connectivity index (χ1) is 8.66. The summed E-state index contributed by atoms with van der Waals surface area (Å²) in [6.45, 7) is 2.50. The topological polar surface area (TPSA) is 90.4 Å². The summed E-state index contributed by atoms with van der Waals surface area (Å²) in [5, 5.41) is 3.29. The molecule has 2 rings (SSSR count). The van der Waals surface area contributed by atoms with Crippen LogP contribution in [0.3, 0.4) is 0 Å². The van der Waals surface area contributed by atoms with Gasteiger partial charge in [-0.1, -0.05) is 0 Å². The number of rotatable bonds is 4. The first-order valence-electron chi connectivity index (χ1n) is 6.18. The molecule has 1 saturated heterocycles. The van der Waals surface area contributed by atoms with E-state index in [0.717, 1.165) is 31.9 Å². The zero-order chi connectivity index (χ0) is 13.0. The molecule has 1 fully saturated rings. The average Bonchev–Trinajstić information content (AvgIpc) is 2.38. The largest absolute Gasteiger partial charge is 0.397 e. The zero-order valence-corrected chi connectivity index (χ0v) is 10.3. The van der Waals surface area contributed by atoms with E-state index in [-0.39, 0.29) is 0 Å². The summed E-state index contributed by atoms with van der Waals surface area (Å²) in [5.41, 5.74) is 12.9. The SMILES string of the molecule is NC(=O)c1ccc(NCC2CCCOC2)c(N)c1. The number of nitrogen functional groups attached to an aromatic ring is 1. The van der Waals surface area contributed by atoms with Crippen LogP contribution in [0, 0.1) is 5.92 Å². The fourth-order valence-corrected chi connectivity index (χ4v) is 2.10. The highest BCUT2D eigenvalue weighted by Gasteiger charge is 2.14. The number of nitrogens with one attached hydrogen (secondary N) is 1. The maximum atomic E-state index is 11.0. The van der Waals surface area contributed by atoms with E-state index in [1.807, 2.05) is 0 Å². The van der Waals surface area contributed by atoms with Crippen molar-refractivity contribution in [1.82, 2.24) is 0 Å². The zero-order valence-electron chi connectivity index (χ0n) is 10.3. The third kappa shape index (κ3) is 3.13. The number of primary amides is 1. The van der Waals surface area contributed by atoms with Crippen LogP contribution in [-0.2, 0) is 4.74 Å². The summed E-state index contributed by atoms with van der Waals surface area (Å²) in [6, 6.07) is 5.07. The van der Waals surface area contributed by atoms with Crippen LogP contribution in [0.5, 0.6) is 0 Å². The minimum Gasteiger partial charge on any atom is -0.397 e. The summed E-state index contributed by atoms with van der Waals surface area (Å²) < 4.78 is 5.42. The van der Waals surface area contributed by atoms with Gasteiger partial charge in [-0.2, -0.15) is 0 Å². The van der Waals surface area contributed by atoms with Gasteiger partial charge in [0.2, 0.25) is 5.91 Å². The van der Waals surface area contributed by atoms with Crippen molar-refractivity contribution in [3.63, 3.8) is 0 Å². The van der Waals surface area contributed by atoms with Gasteiger partial charge >= 0.3 is 0 Å². The van der Waals surface area contributed by atoms with Crippen LogP contribution >= 0.6 is 0 Å². The summed E-state index contributed by atoms with van der Waals surface area (Å²) in [5.74, 6) is 0.0582. The van der Waals surface area contributed by atoms with Crippen LogP contribution < -0.4 is 16.8 Å². The molecule has 1 aliphatic rings. The number of carbonyl (C=O) groups is 1. The Morgan fingerprint density at radius 1 is 1.50 bits per heavy atom. The molecule has 0 bridgehead atoms. The van der Waals surface area contributed by atoms with Crippen LogP contribution in [-0.4, -0.2) is 25.7 Å². The molecule has 0 aliphatic carbocycles. The van der Waals surface area contributed by atoms with Crippen molar-refractivity contribution in [2.45, 2.75) is 12.8 Å². The highest BCUT2D eigenvalue weighted by atomic mass is 16.5. The second-order valence-corrected chi connectivity index (χ2v) is 4.63. The van der Waals surface area contributed by atoms with Crippen molar-refractivity contribution in [1.29, 1.82) is 0 Å². The van der Waals surface area contributed by atoms with Gasteiger partial charge in [0, 0.05) is 18.7 Å². The molecule has 98 valence electrons. The van der Waals surface area contributed by atoms with Gasteiger partial charge in [0.1, 0.15) is 0 Å². The maximum Gasteiger partial charge on any atom is 0.248 e. The molecule has 1 aromatic carbocycles. The quantitative estimate of drug-likeness (QED) is 0.699. The van der Waals surface area contributed by atoms with Crippen molar-refractivity contribution in [2.75, 3.05) is 30.8 Å². The number of carbonyl (C=O) groups excluding carboxylic acids is 1. The van der Waals surface area contributed by atoms with E-state index < -0.39 is 5.91 Å². The van der Waals surface area contributed by atoms with Gasteiger partial charge in [-0.3, -0.25) is 4.79 Å². The molecule has 0 saturated carbocycles. The van der Waals surface area contributed by atoms with Crippen LogP contribution in [0.25, 0.3) is 0 Å². The smallest absolute Gasteiger partial charge is 0.248 e. The molecule has 5 nitrogen and oxygen atoms in total. The Labute approximate surface area is 106 Å². The Morgan fingerprint density at radius 3 is 2.94 bits per heavy atom. The third-order valence-electron chi connectivity index (χ3n) is 3.17. The number of ether oxygens (including phenoxy) is 1. The fraction of sp³-hybridized carbons (Fsp3) is 0.462. The van der Waals surface area contributed by atoms with Gasteiger partial charge in [-0.25, -0.2) is 0 Å². The molecule has 5 N–H and O–H groups in total. The van der Waals surface area contributed by atoms with E-state index in [9.17, 15) is 4.79 Å². The Hall–Kier alpha value is -1.75. The number of hydrogen-bond acceptors (Lipinski definition) is 4. The molecular weight excluding hydrogens is 230 g/mol. The molecule has 0 radical (unpaired) electrons. The van der Waals surface area contributed by atoms with Gasteiger partial charge in [-0.15, -0.1) is 0 Å². The molecule has 1 heterocycles. The Balaban J connectivity index is 1.94. The summed E-state index contributed by atoms with van der Waals surface area (Å²) >= 11 is 0. The Bertz CT molecular complexity index is 428. The third-order valence-corrected chi connectivity index (χ3v) is 3.17. The number of anilines is 2. The average molecular weight is 249 g/mol. The molecule has 0 aromatic heterocycles. The van der Waals surface area contributed by atoms with Gasteiger partial charge in [-0.05, 0) is 37.0 Å². The van der Waals surface area contributed by atoms with Crippen molar-refractivity contribution >= 4 is 17.3 Å². The minimum absolute atomic E-state index is 0.430. The molecule has 1 aliphatic heterocycles. The van der Waals surface area contributed by atoms with Gasteiger partial charge in [0.15, 0.2) is 0 Å². The maximum absolute atomic E-state index is 11.0. The first-order valence-corrected chi connectivity index (χ1v) is 6.18. The monoisotopic (exact) mass is 249 g/mol. The van der Waals surface area contributed by atoms with Gasteiger partial charge in [0.05, 0.1) is 18.0 Å². The summed E-state index contributed by atoms with van der Waals surface area (Å²) in [4.78, 5) is 11.0. The lowest BCUT2D eigenvalue weighted by atomic mass is 10.0.